The standard InChI is InChI=1S/C22H35NO/c1-16(2)20-11-12-22(4,5)14-19(20)13-21(24)23-15-17(3)18-9-7-6-8-10-18/h6-10,16-17,19-20H,11-15H2,1-5H3,(H,23,24)/t17-,19?,20?/m0/s1. The summed E-state index contributed by atoms with van der Waals surface area (Å²) in [6.45, 7) is 12.2. The second kappa shape index (κ2) is 8.18. The Bertz CT molecular complexity index is 520. The molecule has 2 unspecified atom stereocenters. The largest absolute Gasteiger partial charge is 0.355 e. The lowest BCUT2D eigenvalue weighted by Gasteiger charge is -2.42. The second-order valence-corrected chi connectivity index (χ2v) is 8.89. The summed E-state index contributed by atoms with van der Waals surface area (Å²) >= 11 is 0. The molecule has 0 radical (unpaired) electrons. The van der Waals surface area contributed by atoms with E-state index in [0.29, 0.717) is 35.5 Å². The molecule has 1 aromatic carbocycles. The van der Waals surface area contributed by atoms with Gasteiger partial charge in [0.1, 0.15) is 0 Å². The molecule has 0 saturated heterocycles. The van der Waals surface area contributed by atoms with Gasteiger partial charge in [-0.2, -0.15) is 0 Å². The van der Waals surface area contributed by atoms with E-state index in [2.05, 4.69) is 64.2 Å². The fourth-order valence-corrected chi connectivity index (χ4v) is 4.33. The van der Waals surface area contributed by atoms with Crippen LogP contribution in [-0.4, -0.2) is 12.5 Å². The highest BCUT2D eigenvalue weighted by atomic mass is 16.1. The van der Waals surface area contributed by atoms with Crippen molar-refractivity contribution in [2.45, 2.75) is 66.2 Å². The monoisotopic (exact) mass is 329 g/mol. The highest BCUT2D eigenvalue weighted by molar-refractivity contribution is 5.76. The van der Waals surface area contributed by atoms with E-state index in [9.17, 15) is 4.79 Å². The predicted octanol–water partition coefficient (Wildman–Crippen LogP) is 5.39. The molecule has 1 amide bonds. The lowest BCUT2D eigenvalue weighted by atomic mass is 9.63. The smallest absolute Gasteiger partial charge is 0.220 e. The van der Waals surface area contributed by atoms with Crippen LogP contribution in [-0.2, 0) is 4.79 Å². The van der Waals surface area contributed by atoms with Crippen LogP contribution in [0.1, 0.15) is 71.8 Å². The molecule has 0 heterocycles. The Hall–Kier alpha value is -1.31. The van der Waals surface area contributed by atoms with Crippen molar-refractivity contribution in [2.24, 2.45) is 23.2 Å². The first-order valence-corrected chi connectivity index (χ1v) is 9.60. The molecule has 0 aliphatic heterocycles. The third kappa shape index (κ3) is 5.36. The van der Waals surface area contributed by atoms with Crippen molar-refractivity contribution >= 4 is 5.91 Å². The van der Waals surface area contributed by atoms with Crippen LogP contribution in [0.25, 0.3) is 0 Å². The third-order valence-electron chi connectivity index (χ3n) is 5.85. The zero-order valence-electron chi connectivity index (χ0n) is 16.1. The first-order chi connectivity index (χ1) is 11.3. The van der Waals surface area contributed by atoms with E-state index >= 15 is 0 Å². The maximum atomic E-state index is 12.5. The van der Waals surface area contributed by atoms with Crippen LogP contribution in [0.3, 0.4) is 0 Å². The first kappa shape index (κ1) is 19.0. The van der Waals surface area contributed by atoms with Gasteiger partial charge in [-0.15, -0.1) is 0 Å². The number of rotatable bonds is 6. The Morgan fingerprint density at radius 1 is 1.21 bits per heavy atom. The predicted molar refractivity (Wildman–Crippen MR) is 102 cm³/mol. The first-order valence-electron chi connectivity index (χ1n) is 9.60. The molecule has 0 bridgehead atoms. The Kier molecular flexibility index (Phi) is 6.48. The Labute approximate surface area is 148 Å². The fourth-order valence-electron chi connectivity index (χ4n) is 4.33. The van der Waals surface area contributed by atoms with Gasteiger partial charge < -0.3 is 5.32 Å². The van der Waals surface area contributed by atoms with Crippen molar-refractivity contribution in [1.29, 1.82) is 0 Å². The van der Waals surface area contributed by atoms with Crippen molar-refractivity contribution in [1.82, 2.24) is 5.32 Å². The van der Waals surface area contributed by atoms with Gasteiger partial charge in [-0.3, -0.25) is 4.79 Å². The van der Waals surface area contributed by atoms with Crippen molar-refractivity contribution in [3.63, 3.8) is 0 Å². The number of nitrogens with one attached hydrogen (secondary N) is 1. The van der Waals surface area contributed by atoms with Crippen molar-refractivity contribution in [2.75, 3.05) is 6.54 Å². The molecular weight excluding hydrogens is 294 g/mol. The van der Waals surface area contributed by atoms with Crippen molar-refractivity contribution in [3.8, 4) is 0 Å². The molecule has 134 valence electrons. The number of hydrogen-bond acceptors (Lipinski definition) is 1. The maximum absolute atomic E-state index is 12.5. The Morgan fingerprint density at radius 3 is 2.50 bits per heavy atom. The summed E-state index contributed by atoms with van der Waals surface area (Å²) in [5, 5.41) is 3.18. The molecule has 0 aromatic heterocycles. The van der Waals surface area contributed by atoms with Gasteiger partial charge >= 0.3 is 0 Å². The highest BCUT2D eigenvalue weighted by Gasteiger charge is 2.37. The molecule has 2 nitrogen and oxygen atoms in total. The van der Waals surface area contributed by atoms with Crippen molar-refractivity contribution < 1.29 is 4.79 Å². The van der Waals surface area contributed by atoms with E-state index in [4.69, 9.17) is 0 Å². The molecule has 3 atom stereocenters. The molecule has 2 rings (SSSR count). The third-order valence-corrected chi connectivity index (χ3v) is 5.85. The molecule has 24 heavy (non-hydrogen) atoms. The summed E-state index contributed by atoms with van der Waals surface area (Å²) < 4.78 is 0. The molecule has 2 heteroatoms. The normalized spacial score (nSPS) is 24.6. The number of benzene rings is 1. The van der Waals surface area contributed by atoms with Gasteiger partial charge in [0.05, 0.1) is 0 Å². The maximum Gasteiger partial charge on any atom is 0.220 e. The summed E-state index contributed by atoms with van der Waals surface area (Å²) in [5.74, 6) is 2.48. The van der Waals surface area contributed by atoms with Crippen LogP contribution in [0.2, 0.25) is 0 Å². The lowest BCUT2D eigenvalue weighted by molar-refractivity contribution is -0.123. The summed E-state index contributed by atoms with van der Waals surface area (Å²) in [5.41, 5.74) is 1.67. The molecule has 1 aliphatic rings. The lowest BCUT2D eigenvalue weighted by Crippen LogP contribution is -2.37. The number of carbonyl (C=O) groups excluding carboxylic acids is 1. The van der Waals surface area contributed by atoms with Crippen LogP contribution < -0.4 is 5.32 Å². The minimum absolute atomic E-state index is 0.228. The summed E-state index contributed by atoms with van der Waals surface area (Å²) in [7, 11) is 0. The minimum Gasteiger partial charge on any atom is -0.355 e. The van der Waals surface area contributed by atoms with Crippen molar-refractivity contribution in [3.05, 3.63) is 35.9 Å². The minimum atomic E-state index is 0.228. The fraction of sp³-hybridized carbons (Fsp3) is 0.682. The van der Waals surface area contributed by atoms with Gasteiger partial charge in [0.2, 0.25) is 5.91 Å². The Balaban J connectivity index is 1.87. The average Bonchev–Trinajstić information content (AvgIpc) is 2.52. The van der Waals surface area contributed by atoms with Crippen LogP contribution in [0.4, 0.5) is 0 Å². The SMILES string of the molecule is CC(C)C1CCC(C)(C)CC1CC(=O)NC[C@H](C)c1ccccc1. The van der Waals surface area contributed by atoms with Crippen LogP contribution in [0, 0.1) is 23.2 Å². The molecule has 1 aliphatic carbocycles. The quantitative estimate of drug-likeness (QED) is 0.744. The molecule has 1 N–H and O–H groups in total. The van der Waals surface area contributed by atoms with Crippen LogP contribution in [0.5, 0.6) is 0 Å². The van der Waals surface area contributed by atoms with Crippen LogP contribution in [0.15, 0.2) is 30.3 Å². The number of carbonyl (C=O) groups is 1. The topological polar surface area (TPSA) is 29.1 Å². The van der Waals surface area contributed by atoms with E-state index in [1.54, 1.807) is 0 Å². The van der Waals surface area contributed by atoms with E-state index in [1.165, 1.54) is 24.8 Å². The molecule has 1 saturated carbocycles. The highest BCUT2D eigenvalue weighted by Crippen LogP contribution is 2.45. The zero-order valence-corrected chi connectivity index (χ0v) is 16.1. The van der Waals surface area contributed by atoms with Crippen LogP contribution >= 0.6 is 0 Å². The number of amides is 1. The van der Waals surface area contributed by atoms with E-state index in [1.807, 2.05) is 6.07 Å². The van der Waals surface area contributed by atoms with E-state index in [-0.39, 0.29) is 5.91 Å². The zero-order chi connectivity index (χ0) is 17.7. The van der Waals surface area contributed by atoms with Gasteiger partial charge in [-0.1, -0.05) is 65.0 Å². The van der Waals surface area contributed by atoms with E-state index in [0.717, 1.165) is 6.54 Å². The Morgan fingerprint density at radius 2 is 1.88 bits per heavy atom. The van der Waals surface area contributed by atoms with Gasteiger partial charge in [-0.05, 0) is 53.9 Å². The molecule has 0 spiro atoms. The van der Waals surface area contributed by atoms with Gasteiger partial charge in [0.25, 0.3) is 0 Å². The molecular formula is C22H35NO. The van der Waals surface area contributed by atoms with E-state index < -0.39 is 0 Å². The summed E-state index contributed by atoms with van der Waals surface area (Å²) in [6, 6.07) is 10.4. The number of hydrogen-bond donors (Lipinski definition) is 1. The van der Waals surface area contributed by atoms with Gasteiger partial charge in [0.15, 0.2) is 0 Å². The molecule has 1 fully saturated rings. The average molecular weight is 330 g/mol. The summed E-state index contributed by atoms with van der Waals surface area (Å²) in [6.07, 6.45) is 4.42. The molecule has 1 aromatic rings. The van der Waals surface area contributed by atoms with Gasteiger partial charge in [0, 0.05) is 13.0 Å². The summed E-state index contributed by atoms with van der Waals surface area (Å²) in [4.78, 5) is 12.5. The second-order valence-electron chi connectivity index (χ2n) is 8.89. The van der Waals surface area contributed by atoms with Gasteiger partial charge in [-0.25, -0.2) is 0 Å².